The van der Waals surface area contributed by atoms with E-state index in [0.717, 1.165) is 25.7 Å². The van der Waals surface area contributed by atoms with E-state index in [-0.39, 0.29) is 43.7 Å². The lowest BCUT2D eigenvalue weighted by atomic mass is 10.1. The molecule has 0 heterocycles. The monoisotopic (exact) mass is 286 g/mol. The van der Waals surface area contributed by atoms with Crippen LogP contribution in [0.1, 0.15) is 38.5 Å². The summed E-state index contributed by atoms with van der Waals surface area (Å²) in [5.41, 5.74) is 0. The van der Waals surface area contributed by atoms with Gasteiger partial charge in [-0.05, 0) is 12.8 Å². The number of rotatable bonds is 8. The minimum atomic E-state index is -1.46. The summed E-state index contributed by atoms with van der Waals surface area (Å²) in [6.45, 7) is 0.380. The van der Waals surface area contributed by atoms with Crippen LogP contribution in [0.25, 0.3) is 0 Å². The number of carboxylic acids is 1. The fourth-order valence-corrected chi connectivity index (χ4v) is 2.19. The molecule has 0 aromatic heterocycles. The van der Waals surface area contributed by atoms with Crippen molar-refractivity contribution in [3.63, 3.8) is 0 Å². The van der Waals surface area contributed by atoms with Gasteiger partial charge in [-0.25, -0.2) is 4.79 Å². The number of carbonyl (C=O) groups is 3. The van der Waals surface area contributed by atoms with E-state index in [9.17, 15) is 14.4 Å². The number of amides is 2. The number of aliphatic hydroxyl groups excluding tert-OH is 1. The molecule has 0 radical (unpaired) electrons. The maximum absolute atomic E-state index is 11.7. The van der Waals surface area contributed by atoms with Crippen LogP contribution in [0, 0.1) is 5.92 Å². The van der Waals surface area contributed by atoms with Crippen molar-refractivity contribution in [3.8, 4) is 0 Å². The van der Waals surface area contributed by atoms with Crippen LogP contribution >= 0.6 is 0 Å². The number of nitrogens with one attached hydrogen (secondary N) is 2. The molecule has 0 bridgehead atoms. The van der Waals surface area contributed by atoms with Crippen LogP contribution in [0.15, 0.2) is 0 Å². The number of aliphatic carboxylic acids is 1. The molecule has 2 amide bonds. The van der Waals surface area contributed by atoms with Gasteiger partial charge in [0, 0.05) is 31.8 Å². The predicted octanol–water partition coefficient (Wildman–Crippen LogP) is -0.365. The topological polar surface area (TPSA) is 116 Å². The first kappa shape index (κ1) is 16.4. The lowest BCUT2D eigenvalue weighted by molar-refractivity contribution is -0.147. The van der Waals surface area contributed by atoms with E-state index in [2.05, 4.69) is 10.6 Å². The van der Waals surface area contributed by atoms with Gasteiger partial charge in [-0.1, -0.05) is 12.8 Å². The molecule has 4 N–H and O–H groups in total. The summed E-state index contributed by atoms with van der Waals surface area (Å²) in [6.07, 6.45) is 2.68. The molecule has 0 unspecified atom stereocenters. The Morgan fingerprint density at radius 2 is 1.75 bits per heavy atom. The SMILES string of the molecule is O=C(CCNC(=O)C1CCCC1)NCC[C@H](O)C(=O)O. The molecule has 7 nitrogen and oxygen atoms in total. The zero-order valence-electron chi connectivity index (χ0n) is 11.4. The van der Waals surface area contributed by atoms with Crippen molar-refractivity contribution in [2.24, 2.45) is 5.92 Å². The number of carbonyl (C=O) groups excluding carboxylic acids is 2. The summed E-state index contributed by atoms with van der Waals surface area (Å²) in [6, 6.07) is 0. The van der Waals surface area contributed by atoms with Crippen LogP contribution in [0.3, 0.4) is 0 Å². The highest BCUT2D eigenvalue weighted by atomic mass is 16.4. The Balaban J connectivity index is 2.05. The van der Waals surface area contributed by atoms with E-state index in [1.54, 1.807) is 0 Å². The second kappa shape index (κ2) is 8.52. The number of aliphatic hydroxyl groups is 1. The Bertz CT molecular complexity index is 353. The van der Waals surface area contributed by atoms with Crippen molar-refractivity contribution >= 4 is 17.8 Å². The standard InChI is InChI=1S/C13H22N2O5/c16-10(13(19)20)5-7-14-11(17)6-8-15-12(18)9-3-1-2-4-9/h9-10,16H,1-8H2,(H,14,17)(H,15,18)(H,19,20)/t10-/m0/s1. The molecule has 1 atom stereocenters. The maximum atomic E-state index is 11.7. The minimum Gasteiger partial charge on any atom is -0.479 e. The molecule has 0 aliphatic heterocycles. The highest BCUT2D eigenvalue weighted by Crippen LogP contribution is 2.24. The smallest absolute Gasteiger partial charge is 0.332 e. The predicted molar refractivity (Wildman–Crippen MR) is 70.9 cm³/mol. The van der Waals surface area contributed by atoms with Gasteiger partial charge in [0.25, 0.3) is 0 Å². The normalized spacial score (nSPS) is 16.6. The molecule has 0 spiro atoms. The first-order valence-corrected chi connectivity index (χ1v) is 6.96. The van der Waals surface area contributed by atoms with Crippen molar-refractivity contribution in [3.05, 3.63) is 0 Å². The molecule has 114 valence electrons. The van der Waals surface area contributed by atoms with E-state index < -0.39 is 12.1 Å². The third kappa shape index (κ3) is 6.01. The highest BCUT2D eigenvalue weighted by Gasteiger charge is 2.22. The largest absolute Gasteiger partial charge is 0.479 e. The van der Waals surface area contributed by atoms with Crippen LogP contribution in [-0.2, 0) is 14.4 Å². The van der Waals surface area contributed by atoms with Crippen LogP contribution in [0.2, 0.25) is 0 Å². The first-order valence-electron chi connectivity index (χ1n) is 6.96. The van der Waals surface area contributed by atoms with Gasteiger partial charge < -0.3 is 20.8 Å². The summed E-state index contributed by atoms with van der Waals surface area (Å²) in [4.78, 5) is 33.4. The van der Waals surface area contributed by atoms with Crippen molar-refractivity contribution < 1.29 is 24.6 Å². The van der Waals surface area contributed by atoms with Gasteiger partial charge in [0.05, 0.1) is 0 Å². The van der Waals surface area contributed by atoms with Crippen molar-refractivity contribution in [1.29, 1.82) is 0 Å². The molecule has 1 rings (SSSR count). The fraction of sp³-hybridized carbons (Fsp3) is 0.769. The Hall–Kier alpha value is -1.63. The molecular formula is C13H22N2O5. The fourth-order valence-electron chi connectivity index (χ4n) is 2.19. The molecule has 1 saturated carbocycles. The van der Waals surface area contributed by atoms with Gasteiger partial charge >= 0.3 is 5.97 Å². The number of hydrogen-bond acceptors (Lipinski definition) is 4. The lowest BCUT2D eigenvalue weighted by Crippen LogP contribution is -2.35. The maximum Gasteiger partial charge on any atom is 0.332 e. The van der Waals surface area contributed by atoms with E-state index in [0.29, 0.717) is 0 Å². The van der Waals surface area contributed by atoms with Crippen LogP contribution in [0.5, 0.6) is 0 Å². The second-order valence-corrected chi connectivity index (χ2v) is 5.02. The number of carboxylic acid groups (broad SMARTS) is 1. The first-order chi connectivity index (χ1) is 9.50. The van der Waals surface area contributed by atoms with Crippen molar-refractivity contribution in [2.75, 3.05) is 13.1 Å². The molecule has 1 aliphatic carbocycles. The quantitative estimate of drug-likeness (QED) is 0.486. The Kier molecular flexibility index (Phi) is 7.00. The second-order valence-electron chi connectivity index (χ2n) is 5.02. The minimum absolute atomic E-state index is 0.0107. The summed E-state index contributed by atoms with van der Waals surface area (Å²) < 4.78 is 0. The van der Waals surface area contributed by atoms with Gasteiger partial charge in [0.15, 0.2) is 6.10 Å². The van der Waals surface area contributed by atoms with Gasteiger partial charge in [-0.3, -0.25) is 9.59 Å². The molecule has 7 heteroatoms. The molecule has 1 aliphatic rings. The van der Waals surface area contributed by atoms with Crippen LogP contribution in [-0.4, -0.2) is 47.2 Å². The van der Waals surface area contributed by atoms with Gasteiger partial charge in [0.1, 0.15) is 0 Å². The molecule has 0 saturated heterocycles. The van der Waals surface area contributed by atoms with Gasteiger partial charge in [0.2, 0.25) is 11.8 Å². The van der Waals surface area contributed by atoms with E-state index in [4.69, 9.17) is 10.2 Å². The average Bonchev–Trinajstić information content (AvgIpc) is 2.92. The average molecular weight is 286 g/mol. The molecular weight excluding hydrogens is 264 g/mol. The van der Waals surface area contributed by atoms with Crippen LogP contribution in [0.4, 0.5) is 0 Å². The highest BCUT2D eigenvalue weighted by molar-refractivity contribution is 5.80. The third-order valence-electron chi connectivity index (χ3n) is 3.40. The zero-order chi connectivity index (χ0) is 15.0. The van der Waals surface area contributed by atoms with E-state index in [1.165, 1.54) is 0 Å². The molecule has 1 fully saturated rings. The Morgan fingerprint density at radius 1 is 1.10 bits per heavy atom. The summed E-state index contributed by atoms with van der Waals surface area (Å²) in [5.74, 6) is -1.47. The van der Waals surface area contributed by atoms with E-state index in [1.807, 2.05) is 0 Å². The third-order valence-corrected chi connectivity index (χ3v) is 3.40. The summed E-state index contributed by atoms with van der Waals surface area (Å²) in [5, 5.41) is 22.7. The zero-order valence-corrected chi connectivity index (χ0v) is 11.4. The molecule has 20 heavy (non-hydrogen) atoms. The van der Waals surface area contributed by atoms with Crippen molar-refractivity contribution in [2.45, 2.75) is 44.6 Å². The molecule has 0 aromatic carbocycles. The van der Waals surface area contributed by atoms with Crippen molar-refractivity contribution in [1.82, 2.24) is 10.6 Å². The van der Waals surface area contributed by atoms with Gasteiger partial charge in [-0.2, -0.15) is 0 Å². The number of hydrogen-bond donors (Lipinski definition) is 4. The lowest BCUT2D eigenvalue weighted by Gasteiger charge is -2.10. The van der Waals surface area contributed by atoms with E-state index >= 15 is 0 Å². The Labute approximate surface area is 117 Å². The van der Waals surface area contributed by atoms with Gasteiger partial charge in [-0.15, -0.1) is 0 Å². The van der Waals surface area contributed by atoms with Crippen LogP contribution < -0.4 is 10.6 Å². The Morgan fingerprint density at radius 3 is 2.35 bits per heavy atom. The summed E-state index contributed by atoms with van der Waals surface area (Å²) in [7, 11) is 0. The molecule has 0 aromatic rings. The summed E-state index contributed by atoms with van der Waals surface area (Å²) >= 11 is 0.